The zero-order valence-electron chi connectivity index (χ0n) is 17.3. The van der Waals surface area contributed by atoms with Crippen molar-refractivity contribution < 1.29 is 27.5 Å². The van der Waals surface area contributed by atoms with Crippen molar-refractivity contribution in [2.45, 2.75) is 33.3 Å². The summed E-state index contributed by atoms with van der Waals surface area (Å²) >= 11 is 0. The first-order chi connectivity index (χ1) is 14.2. The average Bonchev–Trinajstić information content (AvgIpc) is 3.16. The van der Waals surface area contributed by atoms with Gasteiger partial charge in [0.25, 0.3) is 0 Å². The van der Waals surface area contributed by atoms with E-state index in [1.54, 1.807) is 49.4 Å². The number of carbonyl (C=O) groups excluding carboxylic acids is 2. The van der Waals surface area contributed by atoms with Crippen LogP contribution in [0.1, 0.15) is 47.1 Å². The van der Waals surface area contributed by atoms with Crippen molar-refractivity contribution in [2.75, 3.05) is 23.2 Å². The van der Waals surface area contributed by atoms with Crippen molar-refractivity contribution in [3.8, 4) is 5.75 Å². The van der Waals surface area contributed by atoms with E-state index in [9.17, 15) is 18.0 Å². The second-order valence-electron chi connectivity index (χ2n) is 7.26. The topological polar surface area (TPSA) is 90.0 Å². The summed E-state index contributed by atoms with van der Waals surface area (Å²) in [5, 5.41) is 0. The Morgan fingerprint density at radius 2 is 1.73 bits per heavy atom. The van der Waals surface area contributed by atoms with Crippen LogP contribution in [0.3, 0.4) is 0 Å². The molecule has 0 radical (unpaired) electrons. The number of nitrogens with zero attached hydrogens (tertiary/aromatic N) is 1. The van der Waals surface area contributed by atoms with Crippen molar-refractivity contribution >= 4 is 27.5 Å². The van der Waals surface area contributed by atoms with Gasteiger partial charge >= 0.3 is 5.97 Å². The number of hydrogen-bond acceptors (Lipinski definition) is 6. The van der Waals surface area contributed by atoms with Crippen LogP contribution in [0.15, 0.2) is 42.5 Å². The minimum atomic E-state index is -3.34. The molecule has 0 aliphatic carbocycles. The molecule has 160 valence electrons. The number of anilines is 1. The first kappa shape index (κ1) is 21.8. The van der Waals surface area contributed by atoms with Crippen molar-refractivity contribution in [1.29, 1.82) is 0 Å². The lowest BCUT2D eigenvalue weighted by atomic mass is 10.1. The summed E-state index contributed by atoms with van der Waals surface area (Å²) < 4.78 is 36.4. The summed E-state index contributed by atoms with van der Waals surface area (Å²) in [6.07, 6.45) is 0.571. The molecule has 3 rings (SSSR count). The Bertz CT molecular complexity index is 1040. The monoisotopic (exact) mass is 431 g/mol. The molecule has 0 fully saturated rings. The maximum Gasteiger partial charge on any atom is 0.338 e. The molecule has 0 atom stereocenters. The molecule has 0 aromatic heterocycles. The molecule has 0 spiro atoms. The van der Waals surface area contributed by atoms with Crippen LogP contribution < -0.4 is 9.04 Å². The van der Waals surface area contributed by atoms with Crippen LogP contribution in [0.2, 0.25) is 0 Å². The van der Waals surface area contributed by atoms with Gasteiger partial charge in [0.05, 0.1) is 23.1 Å². The number of fused-ring (bicyclic) bond motifs is 1. The first-order valence-electron chi connectivity index (χ1n) is 9.81. The number of ether oxygens (including phenoxy) is 2. The lowest BCUT2D eigenvalue weighted by Crippen LogP contribution is -2.30. The number of ketones is 1. The van der Waals surface area contributed by atoms with Gasteiger partial charge in [-0.25, -0.2) is 13.2 Å². The fourth-order valence-electron chi connectivity index (χ4n) is 3.23. The molecule has 8 heteroatoms. The molecule has 1 aliphatic rings. The van der Waals surface area contributed by atoms with E-state index < -0.39 is 22.6 Å². The van der Waals surface area contributed by atoms with Crippen LogP contribution in [0, 0.1) is 0 Å². The fraction of sp³-hybridized carbons (Fsp3) is 0.364. The second-order valence-corrected chi connectivity index (χ2v) is 9.44. The van der Waals surface area contributed by atoms with Gasteiger partial charge in [0.2, 0.25) is 10.0 Å². The van der Waals surface area contributed by atoms with E-state index in [-0.39, 0.29) is 17.6 Å². The number of rotatable bonds is 8. The summed E-state index contributed by atoms with van der Waals surface area (Å²) in [7, 11) is -3.34. The summed E-state index contributed by atoms with van der Waals surface area (Å²) in [4.78, 5) is 24.7. The molecule has 1 heterocycles. The SMILES string of the molecule is CCS(=O)(=O)N1CCc2cc(C(=O)COC(=O)c3ccc(OC(C)C)cc3)ccc21. The Morgan fingerprint density at radius 1 is 1.07 bits per heavy atom. The maximum atomic E-state index is 12.5. The second kappa shape index (κ2) is 8.87. The van der Waals surface area contributed by atoms with Crippen molar-refractivity contribution in [2.24, 2.45) is 0 Å². The van der Waals surface area contributed by atoms with Crippen LogP contribution in [0.4, 0.5) is 5.69 Å². The number of esters is 1. The standard InChI is InChI=1S/C22H25NO6S/c1-4-30(26,27)23-12-11-17-13-18(7-10-20(17)23)21(24)14-28-22(25)16-5-8-19(9-6-16)29-15(2)3/h5-10,13,15H,4,11-12,14H2,1-3H3. The van der Waals surface area contributed by atoms with E-state index in [0.29, 0.717) is 35.5 Å². The highest BCUT2D eigenvalue weighted by Crippen LogP contribution is 2.31. The van der Waals surface area contributed by atoms with Crippen LogP contribution in [0.5, 0.6) is 5.75 Å². The van der Waals surface area contributed by atoms with E-state index in [2.05, 4.69) is 0 Å². The molecule has 30 heavy (non-hydrogen) atoms. The molecule has 2 aromatic carbocycles. The lowest BCUT2D eigenvalue weighted by molar-refractivity contribution is 0.0474. The normalized spacial score (nSPS) is 13.3. The van der Waals surface area contributed by atoms with Gasteiger partial charge in [0.15, 0.2) is 12.4 Å². The quantitative estimate of drug-likeness (QED) is 0.471. The molecule has 0 saturated carbocycles. The van der Waals surface area contributed by atoms with E-state index >= 15 is 0 Å². The summed E-state index contributed by atoms with van der Waals surface area (Å²) in [5.41, 5.74) is 2.12. The molecule has 2 aromatic rings. The van der Waals surface area contributed by atoms with Gasteiger partial charge in [-0.05, 0) is 75.2 Å². The van der Waals surface area contributed by atoms with Crippen molar-refractivity contribution in [1.82, 2.24) is 0 Å². The molecule has 0 N–H and O–H groups in total. The highest BCUT2D eigenvalue weighted by Gasteiger charge is 2.28. The molecular weight excluding hydrogens is 406 g/mol. The number of hydrogen-bond donors (Lipinski definition) is 0. The van der Waals surface area contributed by atoms with E-state index in [0.717, 1.165) is 5.56 Å². The number of sulfonamides is 1. The first-order valence-corrected chi connectivity index (χ1v) is 11.4. The van der Waals surface area contributed by atoms with Crippen molar-refractivity contribution in [3.05, 3.63) is 59.2 Å². The zero-order valence-corrected chi connectivity index (χ0v) is 18.1. The van der Waals surface area contributed by atoms with Crippen LogP contribution >= 0.6 is 0 Å². The molecular formula is C22H25NO6S. The summed E-state index contributed by atoms with van der Waals surface area (Å²) in [6, 6.07) is 11.4. The van der Waals surface area contributed by atoms with Crippen molar-refractivity contribution in [3.63, 3.8) is 0 Å². The zero-order chi connectivity index (χ0) is 21.9. The Morgan fingerprint density at radius 3 is 2.37 bits per heavy atom. The minimum absolute atomic E-state index is 0.0215. The number of carbonyl (C=O) groups is 2. The Kier molecular flexibility index (Phi) is 6.45. The molecule has 0 saturated heterocycles. The molecule has 1 aliphatic heterocycles. The van der Waals surface area contributed by atoms with Gasteiger partial charge in [-0.15, -0.1) is 0 Å². The van der Waals surface area contributed by atoms with E-state index in [1.165, 1.54) is 4.31 Å². The van der Waals surface area contributed by atoms with E-state index in [1.807, 2.05) is 13.8 Å². The third-order valence-electron chi connectivity index (χ3n) is 4.75. The van der Waals surface area contributed by atoms with Gasteiger partial charge in [-0.3, -0.25) is 9.10 Å². The smallest absolute Gasteiger partial charge is 0.338 e. The van der Waals surface area contributed by atoms with Gasteiger partial charge in [-0.2, -0.15) is 0 Å². The van der Waals surface area contributed by atoms with Gasteiger partial charge in [-0.1, -0.05) is 0 Å². The van der Waals surface area contributed by atoms with E-state index in [4.69, 9.17) is 9.47 Å². The third-order valence-corrected chi connectivity index (χ3v) is 6.53. The maximum absolute atomic E-state index is 12.5. The Labute approximate surface area is 176 Å². The van der Waals surface area contributed by atoms with Crippen LogP contribution in [-0.2, 0) is 21.2 Å². The average molecular weight is 432 g/mol. The van der Waals surface area contributed by atoms with Gasteiger partial charge in [0.1, 0.15) is 5.75 Å². The van der Waals surface area contributed by atoms with Crippen LogP contribution in [-0.4, -0.2) is 45.2 Å². The molecule has 7 nitrogen and oxygen atoms in total. The molecule has 0 amide bonds. The van der Waals surface area contributed by atoms with Crippen LogP contribution in [0.25, 0.3) is 0 Å². The number of Topliss-reactive ketones (excluding diaryl/α,β-unsaturated/α-hetero) is 1. The highest BCUT2D eigenvalue weighted by atomic mass is 32.2. The summed E-state index contributed by atoms with van der Waals surface area (Å²) in [6.45, 7) is 5.40. The number of benzene rings is 2. The Balaban J connectivity index is 1.62. The molecule has 0 unspecified atom stereocenters. The predicted octanol–water partition coefficient (Wildman–Crippen LogP) is 3.23. The summed E-state index contributed by atoms with van der Waals surface area (Å²) in [5.74, 6) is -0.272. The molecule has 0 bridgehead atoms. The third kappa shape index (κ3) is 4.81. The van der Waals surface area contributed by atoms with Gasteiger partial charge < -0.3 is 9.47 Å². The fourth-order valence-corrected chi connectivity index (χ4v) is 4.39. The van der Waals surface area contributed by atoms with Gasteiger partial charge in [0, 0.05) is 12.1 Å². The minimum Gasteiger partial charge on any atom is -0.491 e. The largest absolute Gasteiger partial charge is 0.491 e. The predicted molar refractivity (Wildman–Crippen MR) is 114 cm³/mol. The highest BCUT2D eigenvalue weighted by molar-refractivity contribution is 7.92. The lowest BCUT2D eigenvalue weighted by Gasteiger charge is -2.18. The Hall–Kier alpha value is -2.87.